The van der Waals surface area contributed by atoms with Crippen LogP contribution in [0.2, 0.25) is 0 Å². The molecule has 2 aliphatic rings. The molecule has 1 atom stereocenters. The second-order valence-corrected chi connectivity index (χ2v) is 7.27. The molecule has 2 heterocycles. The number of hydrogen-bond acceptors (Lipinski definition) is 5. The molecule has 2 fully saturated rings. The van der Waals surface area contributed by atoms with Crippen LogP contribution in [-0.2, 0) is 6.54 Å². The average molecular weight is 406 g/mol. The molecule has 4 rings (SSSR count). The fraction of sp³-hybridized carbons (Fsp3) is 0.474. The van der Waals surface area contributed by atoms with E-state index in [0.717, 1.165) is 44.3 Å². The van der Waals surface area contributed by atoms with E-state index in [1.165, 1.54) is 12.1 Å². The van der Waals surface area contributed by atoms with Crippen LogP contribution in [-0.4, -0.2) is 44.6 Å². The molecule has 9 heteroatoms. The number of carbonyl (C=O) groups excluding carboxylic acids is 1. The lowest BCUT2D eigenvalue weighted by atomic mass is 10.1. The molecule has 0 spiro atoms. The third kappa shape index (κ3) is 4.51. The monoisotopic (exact) mass is 405 g/mol. The number of nitrogens with one attached hydrogen (secondary N) is 1. The predicted octanol–water partition coefficient (Wildman–Crippen LogP) is 2.94. The van der Waals surface area contributed by atoms with Crippen molar-refractivity contribution in [2.45, 2.75) is 44.3 Å². The maximum Gasteiger partial charge on any atom is 0.274 e. The molecule has 0 radical (unpaired) electrons. The van der Waals surface area contributed by atoms with Crippen molar-refractivity contribution in [1.82, 2.24) is 20.0 Å². The van der Waals surface area contributed by atoms with E-state index in [1.807, 2.05) is 16.9 Å². The highest BCUT2D eigenvalue weighted by Gasteiger charge is 2.34. The minimum Gasteiger partial charge on any atom is -0.330 e. The number of piperidine rings is 1. The summed E-state index contributed by atoms with van der Waals surface area (Å²) in [6.45, 7) is 2.26. The van der Waals surface area contributed by atoms with Gasteiger partial charge in [-0.2, -0.15) is 5.10 Å². The molecule has 1 N–H and O–H groups in total. The normalized spacial score (nSPS) is 18.9. The molecular formula is C19H24ClN5O3. The van der Waals surface area contributed by atoms with Crippen molar-refractivity contribution in [3.05, 3.63) is 57.9 Å². The quantitative estimate of drug-likeness (QED) is 0.589. The van der Waals surface area contributed by atoms with Crippen molar-refractivity contribution in [1.29, 1.82) is 0 Å². The standard InChI is InChI=1S/C19H23N5O3.ClH/c25-19(18-8-10-23(21-18)17-5-2-9-20-12-17)22(15-6-7-15)13-14-3-1-4-16(11-14)24(26)27;/h1,3-4,8,10-11,15,17,20H,2,5-7,9,12-13H2;1H. The first-order valence-corrected chi connectivity index (χ1v) is 9.42. The van der Waals surface area contributed by atoms with Gasteiger partial charge >= 0.3 is 0 Å². The van der Waals surface area contributed by atoms with Crippen LogP contribution in [0.5, 0.6) is 0 Å². The van der Waals surface area contributed by atoms with Crippen molar-refractivity contribution in [3.8, 4) is 0 Å². The average Bonchev–Trinajstić information content (AvgIpc) is 3.42. The van der Waals surface area contributed by atoms with E-state index in [4.69, 9.17) is 0 Å². The second-order valence-electron chi connectivity index (χ2n) is 7.27. The molecule has 2 aromatic rings. The lowest BCUT2D eigenvalue weighted by Crippen LogP contribution is -2.34. The molecule has 1 amide bonds. The zero-order valence-electron chi connectivity index (χ0n) is 15.5. The second kappa shape index (κ2) is 8.70. The molecular weight excluding hydrogens is 382 g/mol. The predicted molar refractivity (Wildman–Crippen MR) is 107 cm³/mol. The van der Waals surface area contributed by atoms with Crippen molar-refractivity contribution in [2.24, 2.45) is 0 Å². The van der Waals surface area contributed by atoms with Gasteiger partial charge in [0.15, 0.2) is 0 Å². The number of hydrogen-bond donors (Lipinski definition) is 1. The number of non-ortho nitro benzene ring substituents is 1. The van der Waals surface area contributed by atoms with Gasteiger partial charge in [0.2, 0.25) is 0 Å². The summed E-state index contributed by atoms with van der Waals surface area (Å²) in [6, 6.07) is 8.74. The van der Waals surface area contributed by atoms with Crippen molar-refractivity contribution in [2.75, 3.05) is 13.1 Å². The molecule has 1 aromatic heterocycles. The summed E-state index contributed by atoms with van der Waals surface area (Å²) >= 11 is 0. The van der Waals surface area contributed by atoms with Crippen LogP contribution in [0.25, 0.3) is 0 Å². The Bertz CT molecular complexity index is 846. The number of halogens is 1. The number of nitrogens with zero attached hydrogens (tertiary/aromatic N) is 4. The van der Waals surface area contributed by atoms with Gasteiger partial charge in [-0.05, 0) is 43.9 Å². The van der Waals surface area contributed by atoms with Crippen LogP contribution in [0.3, 0.4) is 0 Å². The Balaban J connectivity index is 0.00000225. The molecule has 150 valence electrons. The van der Waals surface area contributed by atoms with E-state index in [9.17, 15) is 14.9 Å². The maximum atomic E-state index is 13.0. The zero-order chi connectivity index (χ0) is 18.8. The van der Waals surface area contributed by atoms with E-state index in [-0.39, 0.29) is 36.1 Å². The van der Waals surface area contributed by atoms with Crippen LogP contribution in [0, 0.1) is 10.1 Å². The van der Waals surface area contributed by atoms with Crippen LogP contribution >= 0.6 is 12.4 Å². The Kier molecular flexibility index (Phi) is 6.31. The van der Waals surface area contributed by atoms with Gasteiger partial charge in [-0.25, -0.2) is 0 Å². The van der Waals surface area contributed by atoms with Crippen LogP contribution in [0.4, 0.5) is 5.69 Å². The molecule has 1 saturated carbocycles. The molecule has 1 aromatic carbocycles. The number of carbonyl (C=O) groups is 1. The minimum absolute atomic E-state index is 0. The third-order valence-corrected chi connectivity index (χ3v) is 5.20. The fourth-order valence-corrected chi connectivity index (χ4v) is 3.58. The fourth-order valence-electron chi connectivity index (χ4n) is 3.58. The highest BCUT2D eigenvalue weighted by molar-refractivity contribution is 5.92. The third-order valence-electron chi connectivity index (χ3n) is 5.20. The van der Waals surface area contributed by atoms with Crippen molar-refractivity contribution in [3.63, 3.8) is 0 Å². The maximum absolute atomic E-state index is 13.0. The first-order valence-electron chi connectivity index (χ1n) is 9.42. The molecule has 28 heavy (non-hydrogen) atoms. The first kappa shape index (κ1) is 20.3. The Morgan fingerprint density at radius 2 is 2.14 bits per heavy atom. The molecule has 0 bridgehead atoms. The summed E-state index contributed by atoms with van der Waals surface area (Å²) in [5, 5.41) is 18.9. The van der Waals surface area contributed by atoms with Gasteiger partial charge < -0.3 is 10.2 Å². The van der Waals surface area contributed by atoms with Gasteiger partial charge in [-0.1, -0.05) is 12.1 Å². The van der Waals surface area contributed by atoms with Crippen molar-refractivity contribution >= 4 is 24.0 Å². The Morgan fingerprint density at radius 1 is 1.32 bits per heavy atom. The number of aromatic nitrogens is 2. The van der Waals surface area contributed by atoms with Gasteiger partial charge in [0.25, 0.3) is 11.6 Å². The van der Waals surface area contributed by atoms with E-state index < -0.39 is 4.92 Å². The highest BCUT2D eigenvalue weighted by Crippen LogP contribution is 2.30. The highest BCUT2D eigenvalue weighted by atomic mass is 35.5. The summed E-state index contributed by atoms with van der Waals surface area (Å²) in [4.78, 5) is 25.4. The van der Waals surface area contributed by atoms with Gasteiger partial charge in [-0.15, -0.1) is 12.4 Å². The lowest BCUT2D eigenvalue weighted by molar-refractivity contribution is -0.384. The zero-order valence-corrected chi connectivity index (χ0v) is 16.3. The van der Waals surface area contributed by atoms with E-state index >= 15 is 0 Å². The number of nitro groups is 1. The molecule has 1 aliphatic carbocycles. The van der Waals surface area contributed by atoms with E-state index in [0.29, 0.717) is 12.2 Å². The Labute approximate surface area is 169 Å². The smallest absolute Gasteiger partial charge is 0.274 e. The van der Waals surface area contributed by atoms with E-state index in [2.05, 4.69) is 10.4 Å². The Hall–Kier alpha value is -2.45. The number of amides is 1. The van der Waals surface area contributed by atoms with E-state index in [1.54, 1.807) is 17.0 Å². The minimum atomic E-state index is -0.410. The molecule has 8 nitrogen and oxygen atoms in total. The van der Waals surface area contributed by atoms with Gasteiger partial charge in [0.05, 0.1) is 11.0 Å². The van der Waals surface area contributed by atoms with Crippen LogP contribution in [0.15, 0.2) is 36.5 Å². The summed E-state index contributed by atoms with van der Waals surface area (Å²) in [5.41, 5.74) is 1.25. The molecule has 1 saturated heterocycles. The van der Waals surface area contributed by atoms with Crippen LogP contribution in [0.1, 0.15) is 47.8 Å². The largest absolute Gasteiger partial charge is 0.330 e. The van der Waals surface area contributed by atoms with Crippen LogP contribution < -0.4 is 5.32 Å². The Morgan fingerprint density at radius 3 is 2.82 bits per heavy atom. The lowest BCUT2D eigenvalue weighted by Gasteiger charge is -2.23. The van der Waals surface area contributed by atoms with Gasteiger partial charge in [0, 0.05) is 37.5 Å². The SMILES string of the molecule is Cl.O=C(c1ccn(C2CCCNC2)n1)N(Cc1cccc([N+](=O)[O-])c1)C1CC1. The molecule has 1 unspecified atom stereocenters. The number of rotatable bonds is 6. The number of benzene rings is 1. The van der Waals surface area contributed by atoms with Gasteiger partial charge in [-0.3, -0.25) is 19.6 Å². The first-order chi connectivity index (χ1) is 13.1. The van der Waals surface area contributed by atoms with Gasteiger partial charge in [0.1, 0.15) is 5.69 Å². The number of nitro benzene ring substituents is 1. The topological polar surface area (TPSA) is 93.3 Å². The summed E-state index contributed by atoms with van der Waals surface area (Å²) in [6.07, 6.45) is 5.97. The summed E-state index contributed by atoms with van der Waals surface area (Å²) < 4.78 is 1.89. The van der Waals surface area contributed by atoms with Crippen molar-refractivity contribution < 1.29 is 9.72 Å². The summed E-state index contributed by atoms with van der Waals surface area (Å²) in [5.74, 6) is -0.105. The molecule has 1 aliphatic heterocycles. The summed E-state index contributed by atoms with van der Waals surface area (Å²) in [7, 11) is 0.